The summed E-state index contributed by atoms with van der Waals surface area (Å²) >= 11 is 0. The first-order chi connectivity index (χ1) is 9.78. The summed E-state index contributed by atoms with van der Waals surface area (Å²) in [6, 6.07) is 8.18. The van der Waals surface area contributed by atoms with Crippen LogP contribution < -0.4 is 5.32 Å². The lowest BCUT2D eigenvalue weighted by Crippen LogP contribution is -2.31. The molecule has 3 nitrogen and oxygen atoms in total. The second kappa shape index (κ2) is 6.20. The van der Waals surface area contributed by atoms with Crippen LogP contribution in [0.3, 0.4) is 0 Å². The Hall–Kier alpha value is -1.32. The minimum absolute atomic E-state index is 0.0898. The fraction of sp³-hybridized carbons (Fsp3) is 0.556. The highest BCUT2D eigenvalue weighted by molar-refractivity contribution is 5.82. The van der Waals surface area contributed by atoms with E-state index in [4.69, 9.17) is 4.42 Å². The van der Waals surface area contributed by atoms with Crippen molar-refractivity contribution in [3.05, 3.63) is 35.6 Å². The number of benzene rings is 1. The zero-order valence-electron chi connectivity index (χ0n) is 13.7. The third kappa shape index (κ3) is 4.08. The van der Waals surface area contributed by atoms with Crippen molar-refractivity contribution in [1.82, 2.24) is 5.32 Å². The Bertz CT molecular complexity index is 595. The molecular formula is C18H27NO2. The summed E-state index contributed by atoms with van der Waals surface area (Å²) in [7, 11) is 0. The minimum atomic E-state index is -0.336. The van der Waals surface area contributed by atoms with Gasteiger partial charge in [-0.05, 0) is 37.3 Å². The molecule has 2 aromatic rings. The fourth-order valence-corrected chi connectivity index (χ4v) is 2.79. The first-order valence-corrected chi connectivity index (χ1v) is 7.67. The molecule has 0 aliphatic rings. The minimum Gasteiger partial charge on any atom is -0.459 e. The molecule has 0 bridgehead atoms. The van der Waals surface area contributed by atoms with Crippen LogP contribution in [0.4, 0.5) is 0 Å². The molecule has 1 aromatic heterocycles. The highest BCUT2D eigenvalue weighted by atomic mass is 16.3. The van der Waals surface area contributed by atoms with Gasteiger partial charge in [-0.15, -0.1) is 0 Å². The van der Waals surface area contributed by atoms with E-state index in [0.717, 1.165) is 23.2 Å². The SMILES string of the molecule is Cc1c(C(C)NCC(O)CC(C)(C)C)oc2ccccc12. The normalized spacial score (nSPS) is 15.3. The van der Waals surface area contributed by atoms with E-state index >= 15 is 0 Å². The lowest BCUT2D eigenvalue weighted by molar-refractivity contribution is 0.116. The maximum absolute atomic E-state index is 10.1. The van der Waals surface area contributed by atoms with Gasteiger partial charge >= 0.3 is 0 Å². The number of aryl methyl sites for hydroxylation is 1. The summed E-state index contributed by atoms with van der Waals surface area (Å²) in [5, 5.41) is 14.6. The standard InChI is InChI=1S/C18H27NO2/c1-12-15-8-6-7-9-16(15)21-17(12)13(2)19-11-14(20)10-18(3,4)5/h6-9,13-14,19-20H,10-11H2,1-5H3. The second-order valence-electron chi connectivity index (χ2n) is 7.14. The smallest absolute Gasteiger partial charge is 0.134 e. The molecule has 2 unspecified atom stereocenters. The van der Waals surface area contributed by atoms with Crippen molar-refractivity contribution >= 4 is 11.0 Å². The Kier molecular flexibility index (Phi) is 4.74. The number of para-hydroxylation sites is 1. The topological polar surface area (TPSA) is 45.4 Å². The van der Waals surface area contributed by atoms with Crippen LogP contribution >= 0.6 is 0 Å². The summed E-state index contributed by atoms with van der Waals surface area (Å²) in [5.74, 6) is 0.958. The summed E-state index contributed by atoms with van der Waals surface area (Å²) in [6.07, 6.45) is 0.448. The van der Waals surface area contributed by atoms with E-state index in [-0.39, 0.29) is 17.6 Å². The predicted octanol–water partition coefficient (Wildman–Crippen LogP) is 4.19. The Balaban J connectivity index is 2.02. The van der Waals surface area contributed by atoms with Crippen LogP contribution in [-0.2, 0) is 0 Å². The van der Waals surface area contributed by atoms with Crippen LogP contribution in [-0.4, -0.2) is 17.8 Å². The summed E-state index contributed by atoms with van der Waals surface area (Å²) in [4.78, 5) is 0. The van der Waals surface area contributed by atoms with Crippen molar-refractivity contribution in [1.29, 1.82) is 0 Å². The highest BCUT2D eigenvalue weighted by Crippen LogP contribution is 2.29. The van der Waals surface area contributed by atoms with Crippen LogP contribution in [0.25, 0.3) is 11.0 Å². The van der Waals surface area contributed by atoms with Crippen molar-refractivity contribution in [2.24, 2.45) is 5.41 Å². The number of aliphatic hydroxyl groups is 1. The summed E-state index contributed by atoms with van der Waals surface area (Å²) in [5.41, 5.74) is 2.24. The quantitative estimate of drug-likeness (QED) is 0.867. The van der Waals surface area contributed by atoms with Gasteiger partial charge in [0.05, 0.1) is 12.1 Å². The third-order valence-electron chi connectivity index (χ3n) is 3.78. The van der Waals surface area contributed by atoms with E-state index < -0.39 is 0 Å². The van der Waals surface area contributed by atoms with Gasteiger partial charge in [-0.25, -0.2) is 0 Å². The molecule has 1 heterocycles. The molecule has 0 radical (unpaired) electrons. The number of hydrogen-bond donors (Lipinski definition) is 2. The molecule has 2 atom stereocenters. The second-order valence-corrected chi connectivity index (χ2v) is 7.14. The molecule has 0 spiro atoms. The Morgan fingerprint density at radius 3 is 2.52 bits per heavy atom. The van der Waals surface area contributed by atoms with E-state index in [9.17, 15) is 5.11 Å². The molecule has 0 amide bonds. The zero-order valence-corrected chi connectivity index (χ0v) is 13.7. The van der Waals surface area contributed by atoms with Gasteiger partial charge in [0, 0.05) is 11.9 Å². The third-order valence-corrected chi connectivity index (χ3v) is 3.78. The van der Waals surface area contributed by atoms with E-state index in [1.54, 1.807) is 0 Å². The molecule has 0 aliphatic carbocycles. The van der Waals surface area contributed by atoms with Gasteiger partial charge in [-0.1, -0.05) is 39.0 Å². The predicted molar refractivity (Wildman–Crippen MR) is 87.4 cm³/mol. The molecule has 2 rings (SSSR count). The van der Waals surface area contributed by atoms with Crippen LogP contribution in [0.15, 0.2) is 28.7 Å². The fourth-order valence-electron chi connectivity index (χ4n) is 2.79. The van der Waals surface area contributed by atoms with Crippen molar-refractivity contribution in [3.8, 4) is 0 Å². The van der Waals surface area contributed by atoms with Gasteiger partial charge in [0.25, 0.3) is 0 Å². The van der Waals surface area contributed by atoms with Crippen LogP contribution in [0.1, 0.15) is 51.5 Å². The average molecular weight is 289 g/mol. The van der Waals surface area contributed by atoms with Crippen molar-refractivity contribution in [2.45, 2.75) is 53.2 Å². The first-order valence-electron chi connectivity index (χ1n) is 7.67. The van der Waals surface area contributed by atoms with Crippen LogP contribution in [0, 0.1) is 12.3 Å². The Morgan fingerprint density at radius 2 is 1.90 bits per heavy atom. The van der Waals surface area contributed by atoms with Crippen molar-refractivity contribution in [3.63, 3.8) is 0 Å². The maximum Gasteiger partial charge on any atom is 0.134 e. The highest BCUT2D eigenvalue weighted by Gasteiger charge is 2.20. The van der Waals surface area contributed by atoms with Crippen LogP contribution in [0.5, 0.6) is 0 Å². The molecule has 0 saturated carbocycles. The number of aliphatic hydroxyl groups excluding tert-OH is 1. The van der Waals surface area contributed by atoms with Gasteiger partial charge in [-0.2, -0.15) is 0 Å². The summed E-state index contributed by atoms with van der Waals surface area (Å²) in [6.45, 7) is 11.2. The largest absolute Gasteiger partial charge is 0.459 e. The lowest BCUT2D eigenvalue weighted by Gasteiger charge is -2.23. The van der Waals surface area contributed by atoms with E-state index in [1.807, 2.05) is 18.2 Å². The van der Waals surface area contributed by atoms with Gasteiger partial charge in [0.1, 0.15) is 11.3 Å². The number of rotatable bonds is 5. The zero-order chi connectivity index (χ0) is 15.6. The van der Waals surface area contributed by atoms with E-state index in [1.165, 1.54) is 5.56 Å². The molecule has 0 fully saturated rings. The molecular weight excluding hydrogens is 262 g/mol. The maximum atomic E-state index is 10.1. The number of nitrogens with one attached hydrogen (secondary N) is 1. The van der Waals surface area contributed by atoms with Gasteiger partial charge < -0.3 is 14.8 Å². The molecule has 0 aliphatic heterocycles. The average Bonchev–Trinajstić information content (AvgIpc) is 2.72. The number of hydrogen-bond acceptors (Lipinski definition) is 3. The molecule has 1 aromatic carbocycles. The van der Waals surface area contributed by atoms with Gasteiger partial charge in [0.15, 0.2) is 0 Å². The van der Waals surface area contributed by atoms with Gasteiger partial charge in [-0.3, -0.25) is 0 Å². The Morgan fingerprint density at radius 1 is 1.24 bits per heavy atom. The van der Waals surface area contributed by atoms with Crippen molar-refractivity contribution < 1.29 is 9.52 Å². The van der Waals surface area contributed by atoms with E-state index in [0.29, 0.717) is 6.54 Å². The molecule has 116 valence electrons. The monoisotopic (exact) mass is 289 g/mol. The Labute approximate surface area is 127 Å². The molecule has 2 N–H and O–H groups in total. The lowest BCUT2D eigenvalue weighted by atomic mass is 9.89. The number of furan rings is 1. The van der Waals surface area contributed by atoms with Gasteiger partial charge in [0.2, 0.25) is 0 Å². The summed E-state index contributed by atoms with van der Waals surface area (Å²) < 4.78 is 5.95. The van der Waals surface area contributed by atoms with Crippen molar-refractivity contribution in [2.75, 3.05) is 6.54 Å². The molecule has 0 saturated heterocycles. The molecule has 21 heavy (non-hydrogen) atoms. The van der Waals surface area contributed by atoms with E-state index in [2.05, 4.69) is 46.0 Å². The molecule has 3 heteroatoms. The van der Waals surface area contributed by atoms with Crippen LogP contribution in [0.2, 0.25) is 0 Å². The first kappa shape index (κ1) is 16.1. The number of fused-ring (bicyclic) bond motifs is 1.